The summed E-state index contributed by atoms with van der Waals surface area (Å²) in [6.45, 7) is 8.25. The molecule has 0 aromatic heterocycles. The lowest BCUT2D eigenvalue weighted by atomic mass is 9.72. The third kappa shape index (κ3) is 4.09. The molecule has 1 aliphatic carbocycles. The van der Waals surface area contributed by atoms with Crippen molar-refractivity contribution in [3.8, 4) is 5.75 Å². The Morgan fingerprint density at radius 1 is 1.03 bits per heavy atom. The van der Waals surface area contributed by atoms with Crippen LogP contribution in [0.3, 0.4) is 0 Å². The molecule has 5 heteroatoms. The van der Waals surface area contributed by atoms with Gasteiger partial charge in [-0.3, -0.25) is 14.6 Å². The molecule has 0 spiro atoms. The first-order valence-electron chi connectivity index (χ1n) is 12.1. The molecule has 1 saturated heterocycles. The van der Waals surface area contributed by atoms with Gasteiger partial charge in [-0.25, -0.2) is 0 Å². The van der Waals surface area contributed by atoms with E-state index >= 15 is 0 Å². The van der Waals surface area contributed by atoms with E-state index < -0.39 is 5.60 Å². The standard InChI is InChI=1S/C27H34N2O3/c1-2-31-25(21-9-4-3-5-10-21)19-28-15-17-29(18-16-28)20-27-23(12-8-14-26(27)30)22-11-6-7-13-24(22)32-27/h3-7,9-11,13,23,25H,2,8,12,14-20H2,1H3. The number of carbonyl (C=O) groups is 1. The van der Waals surface area contributed by atoms with Gasteiger partial charge >= 0.3 is 0 Å². The summed E-state index contributed by atoms with van der Waals surface area (Å²) in [5, 5.41) is 0. The van der Waals surface area contributed by atoms with E-state index in [4.69, 9.17) is 9.47 Å². The summed E-state index contributed by atoms with van der Waals surface area (Å²) in [4.78, 5) is 18.1. The minimum absolute atomic E-state index is 0.100. The second-order valence-corrected chi connectivity index (χ2v) is 9.33. The molecule has 3 atom stereocenters. The predicted molar refractivity (Wildman–Crippen MR) is 125 cm³/mol. The third-order valence-electron chi connectivity index (χ3n) is 7.40. The summed E-state index contributed by atoms with van der Waals surface area (Å²) in [6.07, 6.45) is 2.74. The van der Waals surface area contributed by atoms with E-state index in [2.05, 4.69) is 53.1 Å². The normalized spacial score (nSPS) is 26.9. The lowest BCUT2D eigenvalue weighted by Crippen LogP contribution is -2.59. The maximum Gasteiger partial charge on any atom is 0.186 e. The van der Waals surface area contributed by atoms with Crippen molar-refractivity contribution < 1.29 is 14.3 Å². The number of ketones is 1. The molecule has 3 aliphatic rings. The van der Waals surface area contributed by atoms with E-state index in [1.807, 2.05) is 18.2 Å². The van der Waals surface area contributed by atoms with Crippen LogP contribution in [0.15, 0.2) is 54.6 Å². The van der Waals surface area contributed by atoms with Crippen molar-refractivity contribution >= 4 is 5.78 Å². The van der Waals surface area contributed by atoms with Crippen LogP contribution in [0.2, 0.25) is 0 Å². The first-order chi connectivity index (χ1) is 15.7. The summed E-state index contributed by atoms with van der Waals surface area (Å²) in [6, 6.07) is 18.8. The zero-order valence-electron chi connectivity index (χ0n) is 19.0. The average molecular weight is 435 g/mol. The number of fused-ring (bicyclic) bond motifs is 3. The summed E-state index contributed by atoms with van der Waals surface area (Å²) in [5.41, 5.74) is 1.77. The maximum absolute atomic E-state index is 13.2. The molecule has 32 heavy (non-hydrogen) atoms. The molecule has 0 bridgehead atoms. The molecular weight excluding hydrogens is 400 g/mol. The molecule has 2 aromatic carbocycles. The van der Waals surface area contributed by atoms with Crippen molar-refractivity contribution in [2.45, 2.75) is 43.8 Å². The topological polar surface area (TPSA) is 42.0 Å². The van der Waals surface area contributed by atoms with Crippen LogP contribution in [-0.4, -0.2) is 67.1 Å². The zero-order valence-corrected chi connectivity index (χ0v) is 19.0. The van der Waals surface area contributed by atoms with Crippen LogP contribution in [0.4, 0.5) is 0 Å². The van der Waals surface area contributed by atoms with Gasteiger partial charge in [0.05, 0.1) is 6.10 Å². The van der Waals surface area contributed by atoms with Gasteiger partial charge in [0.2, 0.25) is 0 Å². The second-order valence-electron chi connectivity index (χ2n) is 9.33. The molecule has 0 radical (unpaired) electrons. The molecule has 0 N–H and O–H groups in total. The average Bonchev–Trinajstić information content (AvgIpc) is 3.16. The van der Waals surface area contributed by atoms with Gasteiger partial charge < -0.3 is 9.47 Å². The molecule has 2 heterocycles. The quantitative estimate of drug-likeness (QED) is 0.658. The Morgan fingerprint density at radius 2 is 1.75 bits per heavy atom. The molecule has 5 nitrogen and oxygen atoms in total. The van der Waals surface area contributed by atoms with Crippen LogP contribution >= 0.6 is 0 Å². The first kappa shape index (κ1) is 21.6. The highest BCUT2D eigenvalue weighted by Crippen LogP contribution is 2.51. The fraction of sp³-hybridized carbons (Fsp3) is 0.519. The van der Waals surface area contributed by atoms with Gasteiger partial charge in [-0.2, -0.15) is 0 Å². The fourth-order valence-corrected chi connectivity index (χ4v) is 5.75. The monoisotopic (exact) mass is 434 g/mol. The van der Waals surface area contributed by atoms with Gasteiger partial charge in [0, 0.05) is 63.8 Å². The number of nitrogens with zero attached hydrogens (tertiary/aromatic N) is 2. The molecule has 2 fully saturated rings. The van der Waals surface area contributed by atoms with Crippen LogP contribution in [0.5, 0.6) is 5.75 Å². The molecule has 1 saturated carbocycles. The Kier molecular flexibility index (Phi) is 6.31. The van der Waals surface area contributed by atoms with Crippen LogP contribution in [0.25, 0.3) is 0 Å². The van der Waals surface area contributed by atoms with Crippen LogP contribution in [0.1, 0.15) is 49.3 Å². The van der Waals surface area contributed by atoms with Crippen molar-refractivity contribution in [2.24, 2.45) is 0 Å². The highest BCUT2D eigenvalue weighted by molar-refractivity contribution is 5.91. The van der Waals surface area contributed by atoms with E-state index in [0.29, 0.717) is 19.6 Å². The van der Waals surface area contributed by atoms with Crippen molar-refractivity contribution in [1.29, 1.82) is 0 Å². The molecule has 2 aromatic rings. The number of piperazine rings is 1. The Labute approximate surface area is 191 Å². The Balaban J connectivity index is 1.23. The molecule has 5 rings (SSSR count). The zero-order chi connectivity index (χ0) is 22.0. The van der Waals surface area contributed by atoms with E-state index in [1.54, 1.807) is 0 Å². The Hall–Kier alpha value is -2.21. The maximum atomic E-state index is 13.2. The Bertz CT molecular complexity index is 926. The van der Waals surface area contributed by atoms with Gasteiger partial charge in [0.15, 0.2) is 11.4 Å². The number of hydrogen-bond donors (Lipinski definition) is 0. The number of hydrogen-bond acceptors (Lipinski definition) is 5. The Morgan fingerprint density at radius 3 is 2.53 bits per heavy atom. The van der Waals surface area contributed by atoms with Crippen molar-refractivity contribution in [3.05, 3.63) is 65.7 Å². The van der Waals surface area contributed by atoms with E-state index in [-0.39, 0.29) is 17.8 Å². The second kappa shape index (κ2) is 9.34. The largest absolute Gasteiger partial charge is 0.477 e. The lowest BCUT2D eigenvalue weighted by Gasteiger charge is -2.43. The number of ether oxygens (including phenoxy) is 2. The van der Waals surface area contributed by atoms with Gasteiger partial charge in [0.25, 0.3) is 0 Å². The SMILES string of the molecule is CCOC(CN1CCN(CC23Oc4ccccc4C2CCCC3=O)CC1)c1ccccc1. The highest BCUT2D eigenvalue weighted by atomic mass is 16.5. The summed E-state index contributed by atoms with van der Waals surface area (Å²) >= 11 is 0. The van der Waals surface area contributed by atoms with Crippen molar-refractivity contribution in [2.75, 3.05) is 45.9 Å². The van der Waals surface area contributed by atoms with Crippen molar-refractivity contribution in [1.82, 2.24) is 9.80 Å². The van der Waals surface area contributed by atoms with E-state index in [1.165, 1.54) is 11.1 Å². The minimum Gasteiger partial charge on any atom is -0.477 e. The summed E-state index contributed by atoms with van der Waals surface area (Å²) in [7, 11) is 0. The van der Waals surface area contributed by atoms with Crippen LogP contribution < -0.4 is 4.74 Å². The predicted octanol–water partition coefficient (Wildman–Crippen LogP) is 4.05. The van der Waals surface area contributed by atoms with Gasteiger partial charge in [-0.05, 0) is 31.4 Å². The van der Waals surface area contributed by atoms with E-state index in [0.717, 1.165) is 51.3 Å². The third-order valence-corrected chi connectivity index (χ3v) is 7.40. The number of carbonyl (C=O) groups excluding carboxylic acids is 1. The van der Waals surface area contributed by atoms with Gasteiger partial charge in [0.1, 0.15) is 5.75 Å². The van der Waals surface area contributed by atoms with E-state index in [9.17, 15) is 4.79 Å². The minimum atomic E-state index is -0.692. The van der Waals surface area contributed by atoms with Crippen molar-refractivity contribution in [3.63, 3.8) is 0 Å². The smallest absolute Gasteiger partial charge is 0.186 e. The highest BCUT2D eigenvalue weighted by Gasteiger charge is 2.55. The number of benzene rings is 2. The molecule has 3 unspecified atom stereocenters. The van der Waals surface area contributed by atoms with Crippen LogP contribution in [-0.2, 0) is 9.53 Å². The number of Topliss-reactive ketones (excluding diaryl/α,β-unsaturated/α-hetero) is 1. The fourth-order valence-electron chi connectivity index (χ4n) is 5.75. The van der Waals surface area contributed by atoms with Crippen LogP contribution in [0, 0.1) is 0 Å². The summed E-state index contributed by atoms with van der Waals surface area (Å²) < 4.78 is 12.5. The number of rotatable bonds is 7. The molecule has 0 amide bonds. The number of para-hydroxylation sites is 1. The summed E-state index contributed by atoms with van der Waals surface area (Å²) in [5.74, 6) is 1.39. The molecule has 2 aliphatic heterocycles. The molecular formula is C27H34N2O3. The lowest BCUT2D eigenvalue weighted by molar-refractivity contribution is -0.140. The van der Waals surface area contributed by atoms with Gasteiger partial charge in [-0.1, -0.05) is 48.5 Å². The first-order valence-corrected chi connectivity index (χ1v) is 12.1. The molecule has 170 valence electrons. The van der Waals surface area contributed by atoms with Gasteiger partial charge in [-0.15, -0.1) is 0 Å².